The van der Waals surface area contributed by atoms with Gasteiger partial charge in [0.25, 0.3) is 17.7 Å². The maximum atomic E-state index is 14.1. The lowest BCUT2D eigenvalue weighted by molar-refractivity contribution is -0.150. The number of halogens is 1. The van der Waals surface area contributed by atoms with Gasteiger partial charge in [-0.2, -0.15) is 0 Å². The lowest BCUT2D eigenvalue weighted by Gasteiger charge is -2.34. The van der Waals surface area contributed by atoms with Crippen molar-refractivity contribution in [1.29, 1.82) is 5.41 Å². The predicted octanol–water partition coefficient (Wildman–Crippen LogP) is 0.543. The van der Waals surface area contributed by atoms with Gasteiger partial charge in [0.1, 0.15) is 11.7 Å². The summed E-state index contributed by atoms with van der Waals surface area (Å²) in [5.74, 6) is -3.00. The van der Waals surface area contributed by atoms with Gasteiger partial charge in [0, 0.05) is 37.6 Å². The summed E-state index contributed by atoms with van der Waals surface area (Å²) < 4.78 is 19.5. The molecule has 10 nitrogen and oxygen atoms in total. The molecule has 2 aromatic carbocycles. The number of anilines is 2. The molecular weight excluding hydrogens is 433 g/mol. The van der Waals surface area contributed by atoms with Gasteiger partial charge in [-0.05, 0) is 42.5 Å². The summed E-state index contributed by atoms with van der Waals surface area (Å²) in [5, 5.41) is 20.3. The summed E-state index contributed by atoms with van der Waals surface area (Å²) in [4.78, 5) is 40.1. The van der Waals surface area contributed by atoms with E-state index in [2.05, 4.69) is 5.32 Å². The van der Waals surface area contributed by atoms with Gasteiger partial charge in [-0.1, -0.05) is 0 Å². The number of ether oxygens (including phenoxy) is 1. The number of amides is 3. The number of nitrogens with two attached hydrogens (primary N) is 1. The van der Waals surface area contributed by atoms with E-state index < -0.39 is 35.7 Å². The molecule has 1 aliphatic rings. The quantitative estimate of drug-likeness (QED) is 0.368. The molecule has 1 fully saturated rings. The summed E-state index contributed by atoms with van der Waals surface area (Å²) >= 11 is 0. The summed E-state index contributed by atoms with van der Waals surface area (Å²) in [5.41, 5.74) is 6.21. The van der Waals surface area contributed by atoms with Crippen LogP contribution in [-0.4, -0.2) is 73.0 Å². The van der Waals surface area contributed by atoms with Crippen molar-refractivity contribution in [3.8, 4) is 0 Å². The first kappa shape index (κ1) is 23.8. The first-order valence-corrected chi connectivity index (χ1v) is 9.97. The number of morpholine rings is 1. The Kier molecular flexibility index (Phi) is 7.04. The van der Waals surface area contributed by atoms with E-state index in [1.165, 1.54) is 60.3 Å². The van der Waals surface area contributed by atoms with Crippen LogP contribution in [-0.2, 0) is 14.3 Å². The molecule has 2 atom stereocenters. The number of aliphatic hydroxyl groups is 1. The van der Waals surface area contributed by atoms with E-state index in [0.29, 0.717) is 11.3 Å². The summed E-state index contributed by atoms with van der Waals surface area (Å²) in [6, 6.07) is 9.71. The molecule has 0 aromatic heterocycles. The fraction of sp³-hybridized carbons (Fsp3) is 0.273. The van der Waals surface area contributed by atoms with Crippen LogP contribution in [0.15, 0.2) is 42.5 Å². The monoisotopic (exact) mass is 457 g/mol. The molecule has 1 aliphatic heterocycles. The van der Waals surface area contributed by atoms with Gasteiger partial charge in [0.2, 0.25) is 0 Å². The maximum Gasteiger partial charge on any atom is 0.259 e. The van der Waals surface area contributed by atoms with Crippen LogP contribution in [0.1, 0.15) is 15.9 Å². The Bertz CT molecular complexity index is 1090. The Hall–Kier alpha value is -3.83. The molecule has 2 aromatic rings. The number of amidine groups is 1. The number of rotatable bonds is 6. The highest BCUT2D eigenvalue weighted by Crippen LogP contribution is 2.24. The van der Waals surface area contributed by atoms with E-state index in [0.717, 1.165) is 6.07 Å². The zero-order valence-electron chi connectivity index (χ0n) is 18.0. The Morgan fingerprint density at radius 3 is 2.55 bits per heavy atom. The minimum atomic E-state index is -1.82. The Morgan fingerprint density at radius 2 is 1.94 bits per heavy atom. The summed E-state index contributed by atoms with van der Waals surface area (Å²) in [6.07, 6.45) is -3.32. The number of hydrogen-bond donors (Lipinski definition) is 4. The van der Waals surface area contributed by atoms with Gasteiger partial charge in [-0.25, -0.2) is 4.39 Å². The van der Waals surface area contributed by atoms with Crippen molar-refractivity contribution in [2.75, 3.05) is 37.5 Å². The minimum absolute atomic E-state index is 0.0163. The fourth-order valence-corrected chi connectivity index (χ4v) is 3.26. The smallest absolute Gasteiger partial charge is 0.259 e. The molecular formula is C22H24FN5O5. The molecule has 0 spiro atoms. The average Bonchev–Trinajstić information content (AvgIpc) is 2.79. The number of benzene rings is 2. The highest BCUT2D eigenvalue weighted by molar-refractivity contribution is 6.05. The van der Waals surface area contributed by atoms with Crippen molar-refractivity contribution in [2.24, 2.45) is 5.73 Å². The average molecular weight is 457 g/mol. The van der Waals surface area contributed by atoms with Crippen molar-refractivity contribution in [3.63, 3.8) is 0 Å². The second-order valence-corrected chi connectivity index (χ2v) is 7.57. The number of nitrogens with zero attached hydrogens (tertiary/aromatic N) is 2. The van der Waals surface area contributed by atoms with Gasteiger partial charge in [0.15, 0.2) is 12.2 Å². The number of carbonyl (C=O) groups excluding carboxylic acids is 3. The van der Waals surface area contributed by atoms with E-state index in [1.54, 1.807) is 0 Å². The highest BCUT2D eigenvalue weighted by atomic mass is 19.1. The zero-order valence-corrected chi connectivity index (χ0v) is 18.0. The zero-order chi connectivity index (χ0) is 24.3. The van der Waals surface area contributed by atoms with Gasteiger partial charge < -0.3 is 30.7 Å². The normalized spacial score (nSPS) is 16.8. The number of aliphatic hydroxyl groups excluding tert-OH is 1. The topological polar surface area (TPSA) is 149 Å². The Morgan fingerprint density at radius 1 is 1.27 bits per heavy atom. The molecule has 3 rings (SSSR count). The molecule has 0 saturated carbocycles. The molecule has 0 unspecified atom stereocenters. The number of hydrogen-bond acceptors (Lipinski definition) is 6. The van der Waals surface area contributed by atoms with Crippen LogP contribution in [0.25, 0.3) is 0 Å². The molecule has 1 saturated heterocycles. The van der Waals surface area contributed by atoms with Crippen LogP contribution in [0.5, 0.6) is 0 Å². The van der Waals surface area contributed by atoms with Gasteiger partial charge in [-0.15, -0.1) is 0 Å². The Labute approximate surface area is 189 Å². The van der Waals surface area contributed by atoms with Gasteiger partial charge in [0.05, 0.1) is 12.2 Å². The van der Waals surface area contributed by atoms with E-state index in [1.807, 2.05) is 0 Å². The third-order valence-electron chi connectivity index (χ3n) is 5.04. The maximum absolute atomic E-state index is 14.1. The minimum Gasteiger partial charge on any atom is -0.384 e. The van der Waals surface area contributed by atoms with Gasteiger partial charge in [-0.3, -0.25) is 19.8 Å². The largest absolute Gasteiger partial charge is 0.384 e. The van der Waals surface area contributed by atoms with Crippen LogP contribution >= 0.6 is 0 Å². The van der Waals surface area contributed by atoms with Crippen molar-refractivity contribution in [2.45, 2.75) is 12.2 Å². The summed E-state index contributed by atoms with van der Waals surface area (Å²) in [7, 11) is 2.96. The van der Waals surface area contributed by atoms with Crippen molar-refractivity contribution in [3.05, 3.63) is 59.4 Å². The highest BCUT2D eigenvalue weighted by Gasteiger charge is 2.39. The van der Waals surface area contributed by atoms with E-state index >= 15 is 0 Å². The Balaban J connectivity index is 1.75. The van der Waals surface area contributed by atoms with Crippen molar-refractivity contribution >= 4 is 34.9 Å². The van der Waals surface area contributed by atoms with Gasteiger partial charge >= 0.3 is 0 Å². The van der Waals surface area contributed by atoms with E-state index in [-0.39, 0.29) is 30.2 Å². The van der Waals surface area contributed by atoms with Crippen LogP contribution in [0, 0.1) is 11.2 Å². The molecule has 11 heteroatoms. The molecule has 0 aliphatic carbocycles. The standard InChI is InChI=1S/C22H24FN5O5/c1-27(2)21(31)15-11-14(7-8-16(15)23)28-9-10-33-18(22(28)32)17(29)20(30)26-13-5-3-12(4-6-13)19(24)25/h3-8,11,17-18,29H,9-10H2,1-2H3,(H3,24,25)(H,26,30)/t17-,18-/m1/s1. The van der Waals surface area contributed by atoms with Crippen molar-refractivity contribution < 1.29 is 28.6 Å². The first-order valence-electron chi connectivity index (χ1n) is 9.97. The molecule has 5 N–H and O–H groups in total. The van der Waals surface area contributed by atoms with Crippen LogP contribution in [0.4, 0.5) is 15.8 Å². The molecule has 33 heavy (non-hydrogen) atoms. The SMILES string of the molecule is CN(C)C(=O)c1cc(N2CCO[C@H]([C@@H](O)C(=O)Nc3ccc(C(=N)N)cc3)C2=O)ccc1F. The fourth-order valence-electron chi connectivity index (χ4n) is 3.26. The first-order chi connectivity index (χ1) is 15.6. The third kappa shape index (κ3) is 5.16. The van der Waals surface area contributed by atoms with E-state index in [9.17, 15) is 23.9 Å². The second-order valence-electron chi connectivity index (χ2n) is 7.57. The third-order valence-corrected chi connectivity index (χ3v) is 5.04. The lowest BCUT2D eigenvalue weighted by atomic mass is 10.1. The van der Waals surface area contributed by atoms with Crippen molar-refractivity contribution in [1.82, 2.24) is 4.90 Å². The van der Waals surface area contributed by atoms with Crippen LogP contribution in [0.3, 0.4) is 0 Å². The van der Waals surface area contributed by atoms with E-state index in [4.69, 9.17) is 15.9 Å². The second kappa shape index (κ2) is 9.76. The summed E-state index contributed by atoms with van der Waals surface area (Å²) in [6.45, 7) is 0.111. The molecule has 0 radical (unpaired) electrons. The molecule has 174 valence electrons. The predicted molar refractivity (Wildman–Crippen MR) is 119 cm³/mol. The molecule has 0 bridgehead atoms. The number of nitrogens with one attached hydrogen (secondary N) is 2. The molecule has 1 heterocycles. The van der Waals surface area contributed by atoms with Crippen LogP contribution in [0.2, 0.25) is 0 Å². The van der Waals surface area contributed by atoms with Crippen LogP contribution < -0.4 is 16.0 Å². The molecule has 3 amide bonds. The number of carbonyl (C=O) groups is 3. The lowest BCUT2D eigenvalue weighted by Crippen LogP contribution is -2.55. The number of nitrogen functional groups attached to an aromatic ring is 1.